The smallest absolute Gasteiger partial charge is 0.0861 e. The van der Waals surface area contributed by atoms with Crippen molar-refractivity contribution in [2.24, 2.45) is 0 Å². The number of hydrogen-bond donors (Lipinski definition) is 1. The average molecular weight is 163 g/mol. The highest BCUT2D eigenvalue weighted by Gasteiger charge is 2.18. The van der Waals surface area contributed by atoms with Gasteiger partial charge in [-0.1, -0.05) is 12.7 Å². The molecule has 0 fully saturated rings. The normalized spacial score (nSPS) is 11.2. The number of nitrogens with zero attached hydrogens (tertiary/aromatic N) is 1. The zero-order valence-electron chi connectivity index (χ0n) is 7.41. The van der Waals surface area contributed by atoms with Gasteiger partial charge >= 0.3 is 0 Å². The maximum atomic E-state index is 9.71. The van der Waals surface area contributed by atoms with Gasteiger partial charge in [0.2, 0.25) is 0 Å². The summed E-state index contributed by atoms with van der Waals surface area (Å²) in [5.41, 5.74) is 0.884. The SMILES string of the molecule is C=Cc1ccncc1C(C)(C)O. The summed E-state index contributed by atoms with van der Waals surface area (Å²) in [6.07, 6.45) is 5.07. The Kier molecular flexibility index (Phi) is 2.29. The van der Waals surface area contributed by atoms with E-state index in [1.165, 1.54) is 0 Å². The Morgan fingerprint density at radius 1 is 1.58 bits per heavy atom. The zero-order valence-corrected chi connectivity index (χ0v) is 7.41. The van der Waals surface area contributed by atoms with Crippen molar-refractivity contribution >= 4 is 6.08 Å². The third kappa shape index (κ3) is 1.71. The van der Waals surface area contributed by atoms with Gasteiger partial charge in [-0.3, -0.25) is 4.98 Å². The highest BCUT2D eigenvalue weighted by molar-refractivity contribution is 5.52. The van der Waals surface area contributed by atoms with Crippen LogP contribution in [0.25, 0.3) is 6.08 Å². The lowest BCUT2D eigenvalue weighted by Gasteiger charge is -2.19. The van der Waals surface area contributed by atoms with E-state index in [1.54, 1.807) is 32.3 Å². The van der Waals surface area contributed by atoms with Crippen LogP contribution in [0.3, 0.4) is 0 Å². The minimum absolute atomic E-state index is 0.806. The standard InChI is InChI=1S/C10H13NO/c1-4-8-5-6-11-7-9(8)10(2,3)12/h4-7,12H,1H2,2-3H3. The monoisotopic (exact) mass is 163 g/mol. The van der Waals surface area contributed by atoms with Crippen LogP contribution in [0.1, 0.15) is 25.0 Å². The molecule has 0 bridgehead atoms. The molecule has 0 radical (unpaired) electrons. The van der Waals surface area contributed by atoms with Gasteiger partial charge in [-0.15, -0.1) is 0 Å². The van der Waals surface area contributed by atoms with E-state index in [-0.39, 0.29) is 0 Å². The molecular formula is C10H13NO. The molecule has 2 heteroatoms. The van der Waals surface area contributed by atoms with Crippen LogP contribution >= 0.6 is 0 Å². The molecule has 1 heterocycles. The first-order valence-electron chi connectivity index (χ1n) is 3.85. The lowest BCUT2D eigenvalue weighted by molar-refractivity contribution is 0.0780. The largest absolute Gasteiger partial charge is 0.386 e. The maximum Gasteiger partial charge on any atom is 0.0861 e. The van der Waals surface area contributed by atoms with Gasteiger partial charge in [0, 0.05) is 18.0 Å². The minimum Gasteiger partial charge on any atom is -0.386 e. The minimum atomic E-state index is -0.849. The molecule has 0 amide bonds. The lowest BCUT2D eigenvalue weighted by Crippen LogP contribution is -2.17. The Labute approximate surface area is 72.6 Å². The molecule has 1 aromatic heterocycles. The molecule has 64 valence electrons. The van der Waals surface area contributed by atoms with E-state index in [4.69, 9.17) is 0 Å². The van der Waals surface area contributed by atoms with Gasteiger partial charge < -0.3 is 5.11 Å². The maximum absolute atomic E-state index is 9.71. The van der Waals surface area contributed by atoms with Crippen LogP contribution in [0.15, 0.2) is 25.0 Å². The summed E-state index contributed by atoms with van der Waals surface area (Å²) >= 11 is 0. The van der Waals surface area contributed by atoms with Crippen LogP contribution in [0.5, 0.6) is 0 Å². The quantitative estimate of drug-likeness (QED) is 0.722. The number of aliphatic hydroxyl groups is 1. The van der Waals surface area contributed by atoms with Crippen LogP contribution in [0.2, 0.25) is 0 Å². The Morgan fingerprint density at radius 3 is 2.67 bits per heavy atom. The van der Waals surface area contributed by atoms with Crippen LogP contribution in [0, 0.1) is 0 Å². The Balaban J connectivity index is 3.23. The third-order valence-electron chi connectivity index (χ3n) is 1.73. The van der Waals surface area contributed by atoms with E-state index >= 15 is 0 Å². The number of pyridine rings is 1. The fourth-order valence-electron chi connectivity index (χ4n) is 1.09. The lowest BCUT2D eigenvalue weighted by atomic mass is 9.95. The van der Waals surface area contributed by atoms with E-state index < -0.39 is 5.60 Å². The van der Waals surface area contributed by atoms with Gasteiger partial charge in [0.05, 0.1) is 5.60 Å². The van der Waals surface area contributed by atoms with Gasteiger partial charge in [0.1, 0.15) is 0 Å². The summed E-state index contributed by atoms with van der Waals surface area (Å²) in [6.45, 7) is 7.13. The Bertz CT molecular complexity index is 286. The van der Waals surface area contributed by atoms with Gasteiger partial charge in [-0.25, -0.2) is 0 Å². The van der Waals surface area contributed by atoms with E-state index in [2.05, 4.69) is 11.6 Å². The number of hydrogen-bond acceptors (Lipinski definition) is 2. The molecule has 0 atom stereocenters. The molecule has 1 rings (SSSR count). The second-order valence-electron chi connectivity index (χ2n) is 3.23. The molecule has 1 aromatic rings. The van der Waals surface area contributed by atoms with E-state index in [1.807, 2.05) is 6.07 Å². The first-order valence-corrected chi connectivity index (χ1v) is 3.85. The topological polar surface area (TPSA) is 33.1 Å². The number of aromatic nitrogens is 1. The van der Waals surface area contributed by atoms with Crippen molar-refractivity contribution in [2.75, 3.05) is 0 Å². The van der Waals surface area contributed by atoms with E-state index in [0.717, 1.165) is 11.1 Å². The predicted octanol–water partition coefficient (Wildman–Crippen LogP) is 1.95. The second kappa shape index (κ2) is 3.07. The summed E-state index contributed by atoms with van der Waals surface area (Å²) < 4.78 is 0. The molecule has 1 N–H and O–H groups in total. The van der Waals surface area contributed by atoms with Crippen LogP contribution in [0.4, 0.5) is 0 Å². The van der Waals surface area contributed by atoms with Crippen molar-refractivity contribution in [1.82, 2.24) is 4.98 Å². The van der Waals surface area contributed by atoms with Crippen LogP contribution in [-0.4, -0.2) is 10.1 Å². The molecule has 0 aliphatic heterocycles. The molecule has 0 spiro atoms. The Hall–Kier alpha value is -1.15. The summed E-state index contributed by atoms with van der Waals surface area (Å²) in [7, 11) is 0. The van der Waals surface area contributed by atoms with Gasteiger partial charge in [0.15, 0.2) is 0 Å². The average Bonchev–Trinajstić information content (AvgIpc) is 2.03. The molecule has 2 nitrogen and oxygen atoms in total. The predicted molar refractivity (Wildman–Crippen MR) is 49.6 cm³/mol. The molecule has 0 saturated carbocycles. The summed E-state index contributed by atoms with van der Waals surface area (Å²) in [5, 5.41) is 9.71. The van der Waals surface area contributed by atoms with E-state index in [9.17, 15) is 5.11 Å². The summed E-state index contributed by atoms with van der Waals surface area (Å²) in [5.74, 6) is 0. The third-order valence-corrected chi connectivity index (χ3v) is 1.73. The van der Waals surface area contributed by atoms with Crippen molar-refractivity contribution in [3.63, 3.8) is 0 Å². The Morgan fingerprint density at radius 2 is 2.25 bits per heavy atom. The van der Waals surface area contributed by atoms with Crippen LogP contribution in [-0.2, 0) is 5.60 Å². The molecule has 0 aliphatic carbocycles. The van der Waals surface area contributed by atoms with E-state index in [0.29, 0.717) is 0 Å². The molecule has 0 aliphatic rings. The second-order valence-corrected chi connectivity index (χ2v) is 3.23. The first-order chi connectivity index (χ1) is 5.55. The summed E-state index contributed by atoms with van der Waals surface area (Å²) in [6, 6.07) is 1.83. The molecule has 0 saturated heterocycles. The molecule has 0 unspecified atom stereocenters. The highest BCUT2D eigenvalue weighted by atomic mass is 16.3. The molecule has 0 aromatic carbocycles. The van der Waals surface area contributed by atoms with Crippen LogP contribution < -0.4 is 0 Å². The fourth-order valence-corrected chi connectivity index (χ4v) is 1.09. The van der Waals surface area contributed by atoms with Crippen molar-refractivity contribution in [3.8, 4) is 0 Å². The molecular weight excluding hydrogens is 150 g/mol. The highest BCUT2D eigenvalue weighted by Crippen LogP contribution is 2.22. The summed E-state index contributed by atoms with van der Waals surface area (Å²) in [4.78, 5) is 3.95. The van der Waals surface area contributed by atoms with Gasteiger partial charge in [-0.2, -0.15) is 0 Å². The van der Waals surface area contributed by atoms with Gasteiger partial charge in [0.25, 0.3) is 0 Å². The van der Waals surface area contributed by atoms with Crippen molar-refractivity contribution in [3.05, 3.63) is 36.2 Å². The zero-order chi connectivity index (χ0) is 9.19. The fraction of sp³-hybridized carbons (Fsp3) is 0.300. The van der Waals surface area contributed by atoms with Crippen molar-refractivity contribution in [1.29, 1.82) is 0 Å². The number of rotatable bonds is 2. The molecule has 12 heavy (non-hydrogen) atoms. The van der Waals surface area contributed by atoms with Crippen molar-refractivity contribution < 1.29 is 5.11 Å². The van der Waals surface area contributed by atoms with Gasteiger partial charge in [-0.05, 0) is 25.5 Å². The first kappa shape index (κ1) is 8.94. The van der Waals surface area contributed by atoms with Crippen molar-refractivity contribution in [2.45, 2.75) is 19.4 Å².